The minimum absolute atomic E-state index is 0.110. The molecule has 0 saturated heterocycles. The highest BCUT2D eigenvalue weighted by Gasteiger charge is 2.23. The predicted octanol–water partition coefficient (Wildman–Crippen LogP) is 1.59. The molecule has 2 N–H and O–H groups in total. The number of aromatic amines is 1. The van der Waals surface area contributed by atoms with E-state index in [0.29, 0.717) is 0 Å². The first-order valence-electron chi connectivity index (χ1n) is 6.38. The summed E-state index contributed by atoms with van der Waals surface area (Å²) in [5.41, 5.74) is 4.27. The van der Waals surface area contributed by atoms with Gasteiger partial charge in [-0.3, -0.25) is 0 Å². The van der Waals surface area contributed by atoms with Crippen LogP contribution in [0.3, 0.4) is 0 Å². The van der Waals surface area contributed by atoms with Crippen molar-refractivity contribution in [2.24, 2.45) is 0 Å². The molecule has 19 heavy (non-hydrogen) atoms. The van der Waals surface area contributed by atoms with E-state index >= 15 is 0 Å². The summed E-state index contributed by atoms with van der Waals surface area (Å²) in [6.45, 7) is 0.963. The summed E-state index contributed by atoms with van der Waals surface area (Å²) >= 11 is 0. The fourth-order valence-electron chi connectivity index (χ4n) is 2.67. The van der Waals surface area contributed by atoms with E-state index in [0.717, 1.165) is 30.0 Å². The molecule has 0 spiro atoms. The number of imidazole rings is 1. The topological polar surface area (TPSA) is 66.5 Å². The van der Waals surface area contributed by atoms with Crippen LogP contribution < -0.4 is 5.32 Å². The van der Waals surface area contributed by atoms with Gasteiger partial charge in [0.2, 0.25) is 0 Å². The largest absolute Gasteiger partial charge is 0.338 e. The van der Waals surface area contributed by atoms with Crippen LogP contribution in [0.15, 0.2) is 36.8 Å². The van der Waals surface area contributed by atoms with E-state index in [9.17, 15) is 0 Å². The summed E-state index contributed by atoms with van der Waals surface area (Å²) in [7, 11) is 0. The van der Waals surface area contributed by atoms with Crippen LogP contribution in [0.5, 0.6) is 0 Å². The molecule has 1 aliphatic heterocycles. The highest BCUT2D eigenvalue weighted by atomic mass is 15.1. The molecule has 1 aliphatic rings. The zero-order valence-electron chi connectivity index (χ0n) is 10.3. The van der Waals surface area contributed by atoms with Crippen LogP contribution in [-0.2, 0) is 6.42 Å². The maximum absolute atomic E-state index is 4.57. The minimum Gasteiger partial charge on any atom is -0.338 e. The number of benzene rings is 1. The van der Waals surface area contributed by atoms with E-state index < -0.39 is 0 Å². The number of nitrogens with one attached hydrogen (secondary N) is 2. The predicted molar refractivity (Wildman–Crippen MR) is 71.7 cm³/mol. The van der Waals surface area contributed by atoms with Gasteiger partial charge in [-0.2, -0.15) is 0 Å². The van der Waals surface area contributed by atoms with Crippen molar-refractivity contribution in [1.29, 1.82) is 0 Å². The molecule has 0 fully saturated rings. The fraction of sp³-hybridized carbons (Fsp3) is 0.214. The molecule has 0 amide bonds. The summed E-state index contributed by atoms with van der Waals surface area (Å²) in [5, 5.41) is 3.51. The second-order valence-electron chi connectivity index (χ2n) is 4.72. The minimum atomic E-state index is 0.110. The number of H-pyrrole nitrogens is 1. The molecule has 1 unspecified atom stereocenters. The number of aromatic nitrogens is 4. The average Bonchev–Trinajstić information content (AvgIpc) is 2.90. The molecular formula is C14H13N5. The quantitative estimate of drug-likeness (QED) is 0.689. The third-order valence-corrected chi connectivity index (χ3v) is 3.56. The Morgan fingerprint density at radius 1 is 1.21 bits per heavy atom. The number of hydrogen-bond donors (Lipinski definition) is 2. The number of hydrogen-bond acceptors (Lipinski definition) is 4. The highest BCUT2D eigenvalue weighted by molar-refractivity contribution is 5.69. The Morgan fingerprint density at radius 3 is 3.11 bits per heavy atom. The average molecular weight is 251 g/mol. The van der Waals surface area contributed by atoms with Crippen LogP contribution in [0.1, 0.15) is 23.0 Å². The summed E-state index contributed by atoms with van der Waals surface area (Å²) < 4.78 is 0. The summed E-state index contributed by atoms with van der Waals surface area (Å²) in [4.78, 5) is 16.1. The first kappa shape index (κ1) is 10.6. The molecule has 0 radical (unpaired) electrons. The van der Waals surface area contributed by atoms with Gasteiger partial charge in [0.05, 0.1) is 12.2 Å². The van der Waals surface area contributed by atoms with Gasteiger partial charge in [0.25, 0.3) is 0 Å². The van der Waals surface area contributed by atoms with Gasteiger partial charge in [-0.25, -0.2) is 15.0 Å². The van der Waals surface area contributed by atoms with Crippen LogP contribution in [0.4, 0.5) is 0 Å². The number of fused-ring (bicyclic) bond motifs is 2. The van der Waals surface area contributed by atoms with E-state index in [2.05, 4.69) is 49.5 Å². The SMILES string of the molecule is c1ccc2c(c1)CCNC2c1nc2ncncc2[nH]1. The lowest BCUT2D eigenvalue weighted by atomic mass is 9.94. The van der Waals surface area contributed by atoms with Crippen molar-refractivity contribution in [3.8, 4) is 0 Å². The first-order valence-corrected chi connectivity index (χ1v) is 6.38. The Balaban J connectivity index is 1.85. The Hall–Kier alpha value is -2.27. The molecule has 0 bridgehead atoms. The van der Waals surface area contributed by atoms with Crippen molar-refractivity contribution < 1.29 is 0 Å². The van der Waals surface area contributed by atoms with Crippen molar-refractivity contribution in [3.05, 3.63) is 53.7 Å². The maximum atomic E-state index is 4.57. The molecular weight excluding hydrogens is 238 g/mol. The zero-order chi connectivity index (χ0) is 12.7. The Bertz CT molecular complexity index is 700. The molecule has 5 nitrogen and oxygen atoms in total. The van der Waals surface area contributed by atoms with Gasteiger partial charge in [0.15, 0.2) is 5.65 Å². The monoisotopic (exact) mass is 251 g/mol. The van der Waals surface area contributed by atoms with Crippen molar-refractivity contribution in [2.75, 3.05) is 6.54 Å². The highest BCUT2D eigenvalue weighted by Crippen LogP contribution is 2.27. The third-order valence-electron chi connectivity index (χ3n) is 3.56. The van der Waals surface area contributed by atoms with Gasteiger partial charge in [-0.05, 0) is 17.5 Å². The standard InChI is InChI=1S/C14H13N5/c1-2-4-10-9(3-1)5-6-16-12(10)14-18-11-7-15-8-17-13(11)19-14/h1-4,7-8,12,16H,5-6H2,(H,15,17,18,19). The smallest absolute Gasteiger partial charge is 0.180 e. The third kappa shape index (κ3) is 1.70. The molecule has 5 heteroatoms. The lowest BCUT2D eigenvalue weighted by Gasteiger charge is -2.25. The van der Waals surface area contributed by atoms with Gasteiger partial charge in [-0.1, -0.05) is 24.3 Å². The van der Waals surface area contributed by atoms with E-state index in [1.165, 1.54) is 17.5 Å². The molecule has 1 atom stereocenters. The molecule has 3 heterocycles. The van der Waals surface area contributed by atoms with Crippen LogP contribution in [0.2, 0.25) is 0 Å². The van der Waals surface area contributed by atoms with Crippen LogP contribution >= 0.6 is 0 Å². The lowest BCUT2D eigenvalue weighted by Crippen LogP contribution is -2.31. The molecule has 94 valence electrons. The molecule has 3 aromatic rings. The van der Waals surface area contributed by atoms with E-state index in [4.69, 9.17) is 0 Å². The van der Waals surface area contributed by atoms with E-state index in [-0.39, 0.29) is 6.04 Å². The van der Waals surface area contributed by atoms with Crippen molar-refractivity contribution in [2.45, 2.75) is 12.5 Å². The zero-order valence-corrected chi connectivity index (χ0v) is 10.3. The molecule has 4 rings (SSSR count). The van der Waals surface area contributed by atoms with Gasteiger partial charge in [0.1, 0.15) is 17.7 Å². The molecule has 0 aliphatic carbocycles. The normalized spacial score (nSPS) is 18.4. The number of nitrogens with zero attached hydrogens (tertiary/aromatic N) is 3. The van der Waals surface area contributed by atoms with Crippen molar-refractivity contribution in [1.82, 2.24) is 25.3 Å². The summed E-state index contributed by atoms with van der Waals surface area (Å²) in [5.74, 6) is 0.905. The van der Waals surface area contributed by atoms with Crippen LogP contribution in [0, 0.1) is 0 Å². The molecule has 0 saturated carbocycles. The van der Waals surface area contributed by atoms with E-state index in [1.807, 2.05) is 0 Å². The Labute approximate surface area is 110 Å². The van der Waals surface area contributed by atoms with Gasteiger partial charge < -0.3 is 10.3 Å². The molecule has 1 aromatic carbocycles. The molecule has 2 aromatic heterocycles. The number of rotatable bonds is 1. The summed E-state index contributed by atoms with van der Waals surface area (Å²) in [6.07, 6.45) is 4.34. The van der Waals surface area contributed by atoms with E-state index in [1.54, 1.807) is 6.20 Å². The lowest BCUT2D eigenvalue weighted by molar-refractivity contribution is 0.549. The Kier molecular flexibility index (Phi) is 2.31. The van der Waals surface area contributed by atoms with Gasteiger partial charge in [-0.15, -0.1) is 0 Å². The van der Waals surface area contributed by atoms with Crippen molar-refractivity contribution in [3.63, 3.8) is 0 Å². The van der Waals surface area contributed by atoms with Crippen LogP contribution in [-0.4, -0.2) is 26.5 Å². The first-order chi connectivity index (χ1) is 9.42. The fourth-order valence-corrected chi connectivity index (χ4v) is 2.67. The van der Waals surface area contributed by atoms with Gasteiger partial charge >= 0.3 is 0 Å². The van der Waals surface area contributed by atoms with Crippen LogP contribution in [0.25, 0.3) is 11.2 Å². The Morgan fingerprint density at radius 2 is 2.16 bits per heavy atom. The maximum Gasteiger partial charge on any atom is 0.180 e. The second-order valence-corrected chi connectivity index (χ2v) is 4.72. The van der Waals surface area contributed by atoms with Gasteiger partial charge in [0, 0.05) is 6.54 Å². The summed E-state index contributed by atoms with van der Waals surface area (Å²) in [6, 6.07) is 8.61. The second kappa shape index (κ2) is 4.13. The van der Waals surface area contributed by atoms with Crippen molar-refractivity contribution >= 4 is 11.2 Å².